The third-order valence-corrected chi connectivity index (χ3v) is 3.15. The third-order valence-electron chi connectivity index (χ3n) is 3.15. The monoisotopic (exact) mass is 267 g/mol. The average Bonchev–Trinajstić information content (AvgIpc) is 2.48. The molecule has 20 heavy (non-hydrogen) atoms. The number of nitrogens with zero attached hydrogens (tertiary/aromatic N) is 2. The summed E-state index contributed by atoms with van der Waals surface area (Å²) in [7, 11) is 1.67. The predicted molar refractivity (Wildman–Crippen MR) is 78.9 cm³/mol. The van der Waals surface area contributed by atoms with Crippen molar-refractivity contribution in [2.45, 2.75) is 13.3 Å². The van der Waals surface area contributed by atoms with Gasteiger partial charge in [0.1, 0.15) is 17.6 Å². The molecule has 4 nitrogen and oxygen atoms in total. The molecule has 0 fully saturated rings. The summed E-state index contributed by atoms with van der Waals surface area (Å²) in [5.41, 5.74) is 2.67. The molecule has 1 N–H and O–H groups in total. The van der Waals surface area contributed by atoms with Crippen LogP contribution >= 0.6 is 0 Å². The van der Waals surface area contributed by atoms with Gasteiger partial charge in [0, 0.05) is 12.7 Å². The van der Waals surface area contributed by atoms with Crippen LogP contribution in [0.15, 0.2) is 36.5 Å². The van der Waals surface area contributed by atoms with E-state index in [4.69, 9.17) is 10.00 Å². The molecule has 102 valence electrons. The highest BCUT2D eigenvalue weighted by Crippen LogP contribution is 2.19. The van der Waals surface area contributed by atoms with Gasteiger partial charge in [-0.1, -0.05) is 18.2 Å². The Bertz CT molecular complexity index is 632. The lowest BCUT2D eigenvalue weighted by molar-refractivity contribution is 0.410. The minimum Gasteiger partial charge on any atom is -0.496 e. The van der Waals surface area contributed by atoms with Crippen molar-refractivity contribution in [2.75, 3.05) is 19.0 Å². The zero-order chi connectivity index (χ0) is 14.4. The summed E-state index contributed by atoms with van der Waals surface area (Å²) < 4.78 is 5.32. The van der Waals surface area contributed by atoms with Gasteiger partial charge in [-0.3, -0.25) is 0 Å². The van der Waals surface area contributed by atoms with Gasteiger partial charge in [-0.2, -0.15) is 5.26 Å². The molecular formula is C16H17N3O. The maximum absolute atomic E-state index is 9.15. The number of benzene rings is 1. The lowest BCUT2D eigenvalue weighted by atomic mass is 10.1. The number of nitrogens with one attached hydrogen (secondary N) is 1. The van der Waals surface area contributed by atoms with Crippen molar-refractivity contribution in [3.8, 4) is 11.8 Å². The Labute approximate surface area is 119 Å². The van der Waals surface area contributed by atoms with Crippen molar-refractivity contribution in [3.63, 3.8) is 0 Å². The fraction of sp³-hybridized carbons (Fsp3) is 0.250. The Morgan fingerprint density at radius 2 is 2.10 bits per heavy atom. The van der Waals surface area contributed by atoms with E-state index in [0.29, 0.717) is 17.9 Å². The van der Waals surface area contributed by atoms with Gasteiger partial charge in [0.15, 0.2) is 0 Å². The maximum atomic E-state index is 9.15. The van der Waals surface area contributed by atoms with Crippen LogP contribution < -0.4 is 10.1 Å². The van der Waals surface area contributed by atoms with E-state index in [0.717, 1.165) is 23.3 Å². The number of nitriles is 1. The molecule has 0 saturated heterocycles. The average molecular weight is 267 g/mol. The molecule has 0 unspecified atom stereocenters. The molecule has 1 aromatic carbocycles. The normalized spacial score (nSPS) is 9.85. The zero-order valence-corrected chi connectivity index (χ0v) is 11.7. The summed E-state index contributed by atoms with van der Waals surface area (Å²) in [4.78, 5) is 4.22. The summed E-state index contributed by atoms with van der Waals surface area (Å²) >= 11 is 0. The van der Waals surface area contributed by atoms with Gasteiger partial charge >= 0.3 is 0 Å². The van der Waals surface area contributed by atoms with E-state index in [1.807, 2.05) is 37.3 Å². The molecule has 0 radical (unpaired) electrons. The number of aromatic nitrogens is 1. The van der Waals surface area contributed by atoms with E-state index >= 15 is 0 Å². The fourth-order valence-electron chi connectivity index (χ4n) is 2.06. The molecule has 0 aliphatic rings. The van der Waals surface area contributed by atoms with Crippen molar-refractivity contribution >= 4 is 5.82 Å². The Morgan fingerprint density at radius 1 is 1.30 bits per heavy atom. The first-order valence-corrected chi connectivity index (χ1v) is 6.47. The van der Waals surface area contributed by atoms with Gasteiger partial charge in [0.05, 0.1) is 12.7 Å². The number of ether oxygens (including phenoxy) is 1. The molecule has 0 amide bonds. The molecule has 0 aliphatic heterocycles. The van der Waals surface area contributed by atoms with Crippen LogP contribution in [0.4, 0.5) is 5.82 Å². The summed E-state index contributed by atoms with van der Waals surface area (Å²) in [6.45, 7) is 2.61. The quantitative estimate of drug-likeness (QED) is 0.905. The lowest BCUT2D eigenvalue weighted by Gasteiger charge is -2.10. The Hall–Kier alpha value is -2.54. The van der Waals surface area contributed by atoms with Crippen molar-refractivity contribution in [1.29, 1.82) is 5.26 Å². The minimum atomic E-state index is 0.604. The summed E-state index contributed by atoms with van der Waals surface area (Å²) in [5, 5.41) is 12.4. The molecule has 0 atom stereocenters. The van der Waals surface area contributed by atoms with Crippen LogP contribution in [0.5, 0.6) is 5.75 Å². The topological polar surface area (TPSA) is 57.9 Å². The van der Waals surface area contributed by atoms with E-state index in [1.165, 1.54) is 0 Å². The first kappa shape index (κ1) is 13.9. The smallest absolute Gasteiger partial charge is 0.144 e. The van der Waals surface area contributed by atoms with Crippen molar-refractivity contribution in [3.05, 3.63) is 53.2 Å². The van der Waals surface area contributed by atoms with Crippen LogP contribution in [0.1, 0.15) is 16.7 Å². The van der Waals surface area contributed by atoms with Crippen LogP contribution in [-0.4, -0.2) is 18.6 Å². The highest BCUT2D eigenvalue weighted by atomic mass is 16.5. The van der Waals surface area contributed by atoms with E-state index < -0.39 is 0 Å². The number of anilines is 1. The first-order chi connectivity index (χ1) is 9.76. The molecule has 0 aliphatic carbocycles. The number of aryl methyl sites for hydroxylation is 1. The predicted octanol–water partition coefficient (Wildman–Crippen LogP) is 2.92. The van der Waals surface area contributed by atoms with Crippen LogP contribution in [-0.2, 0) is 6.42 Å². The molecular weight excluding hydrogens is 250 g/mol. The Kier molecular flexibility index (Phi) is 4.56. The van der Waals surface area contributed by atoms with E-state index in [1.54, 1.807) is 13.3 Å². The van der Waals surface area contributed by atoms with Crippen LogP contribution in [0.2, 0.25) is 0 Å². The summed E-state index contributed by atoms with van der Waals surface area (Å²) in [5.74, 6) is 1.52. The number of methoxy groups -OCH3 is 1. The highest BCUT2D eigenvalue weighted by Gasteiger charge is 2.06. The fourth-order valence-corrected chi connectivity index (χ4v) is 2.06. The second-order valence-electron chi connectivity index (χ2n) is 4.45. The van der Waals surface area contributed by atoms with Crippen molar-refractivity contribution in [2.24, 2.45) is 0 Å². The summed E-state index contributed by atoms with van der Waals surface area (Å²) in [6, 6.07) is 11.9. The van der Waals surface area contributed by atoms with Gasteiger partial charge in [0.2, 0.25) is 0 Å². The van der Waals surface area contributed by atoms with Crippen LogP contribution in [0.3, 0.4) is 0 Å². The van der Waals surface area contributed by atoms with Gasteiger partial charge in [0.25, 0.3) is 0 Å². The second-order valence-corrected chi connectivity index (χ2v) is 4.45. The molecule has 4 heteroatoms. The minimum absolute atomic E-state index is 0.604. The zero-order valence-electron chi connectivity index (χ0n) is 11.7. The molecule has 1 aromatic heterocycles. The van der Waals surface area contributed by atoms with Crippen LogP contribution in [0, 0.1) is 18.3 Å². The van der Waals surface area contributed by atoms with E-state index in [9.17, 15) is 0 Å². The SMILES string of the molecule is COc1ccccc1CCNc1nccc(C)c1C#N. The highest BCUT2D eigenvalue weighted by molar-refractivity contribution is 5.55. The number of para-hydroxylation sites is 1. The molecule has 1 heterocycles. The molecule has 0 spiro atoms. The first-order valence-electron chi connectivity index (χ1n) is 6.47. The van der Waals surface area contributed by atoms with E-state index in [-0.39, 0.29) is 0 Å². The number of pyridine rings is 1. The molecule has 2 aromatic rings. The Balaban J connectivity index is 2.04. The van der Waals surface area contributed by atoms with E-state index in [2.05, 4.69) is 16.4 Å². The molecule has 0 bridgehead atoms. The third kappa shape index (κ3) is 3.07. The number of hydrogen-bond acceptors (Lipinski definition) is 4. The van der Waals surface area contributed by atoms with Gasteiger partial charge in [-0.15, -0.1) is 0 Å². The number of hydrogen-bond donors (Lipinski definition) is 1. The van der Waals surface area contributed by atoms with Gasteiger partial charge < -0.3 is 10.1 Å². The van der Waals surface area contributed by atoms with Crippen molar-refractivity contribution < 1.29 is 4.74 Å². The molecule has 2 rings (SSSR count). The van der Waals surface area contributed by atoms with Crippen LogP contribution in [0.25, 0.3) is 0 Å². The van der Waals surface area contributed by atoms with Crippen molar-refractivity contribution in [1.82, 2.24) is 4.98 Å². The lowest BCUT2D eigenvalue weighted by Crippen LogP contribution is -2.09. The van der Waals surface area contributed by atoms with Gasteiger partial charge in [-0.25, -0.2) is 4.98 Å². The van der Waals surface area contributed by atoms with Gasteiger partial charge in [-0.05, 0) is 36.6 Å². The number of rotatable bonds is 5. The largest absolute Gasteiger partial charge is 0.496 e. The second kappa shape index (κ2) is 6.58. The molecule has 0 saturated carbocycles. The summed E-state index contributed by atoms with van der Waals surface area (Å²) in [6.07, 6.45) is 2.52. The Morgan fingerprint density at radius 3 is 2.85 bits per heavy atom. The maximum Gasteiger partial charge on any atom is 0.144 e. The standard InChI is InChI=1S/C16H17N3O/c1-12-7-9-18-16(14(12)11-17)19-10-8-13-5-3-4-6-15(13)20-2/h3-7,9H,8,10H2,1-2H3,(H,18,19).